The van der Waals surface area contributed by atoms with Crippen molar-refractivity contribution in [2.24, 2.45) is 0 Å². The summed E-state index contributed by atoms with van der Waals surface area (Å²) in [4.78, 5) is 0. The summed E-state index contributed by atoms with van der Waals surface area (Å²) in [7, 11) is 0. The first-order valence-electron chi connectivity index (χ1n) is 7.88. The molecule has 1 unspecified atom stereocenters. The van der Waals surface area contributed by atoms with E-state index in [0.29, 0.717) is 13.0 Å². The molecule has 21 heavy (non-hydrogen) atoms. The van der Waals surface area contributed by atoms with Crippen LogP contribution in [-0.4, -0.2) is 42.1 Å². The Balaban J connectivity index is 2.46. The standard InChI is InChI=1S/C17H29NO3/c1-3-17(14-20,18-4-2)11-7-13-21-16-9-6-5-8-15(16)10-12-19/h5-6,8-9,18-20H,3-4,7,10-14H2,1-2H3. The van der Waals surface area contributed by atoms with Crippen molar-refractivity contribution in [3.8, 4) is 5.75 Å². The Hall–Kier alpha value is -1.10. The van der Waals surface area contributed by atoms with Gasteiger partial charge in [-0.05, 0) is 43.9 Å². The molecule has 0 saturated heterocycles. The van der Waals surface area contributed by atoms with Gasteiger partial charge in [0, 0.05) is 12.1 Å². The largest absolute Gasteiger partial charge is 0.493 e. The number of rotatable bonds is 11. The third-order valence-corrected chi connectivity index (χ3v) is 3.94. The van der Waals surface area contributed by atoms with E-state index < -0.39 is 0 Å². The number of aliphatic hydroxyl groups is 2. The van der Waals surface area contributed by atoms with Crippen molar-refractivity contribution in [1.82, 2.24) is 5.32 Å². The third kappa shape index (κ3) is 5.65. The molecule has 0 aromatic heterocycles. The van der Waals surface area contributed by atoms with E-state index in [0.717, 1.165) is 37.1 Å². The lowest BCUT2D eigenvalue weighted by atomic mass is 9.91. The lowest BCUT2D eigenvalue weighted by Crippen LogP contribution is -2.48. The van der Waals surface area contributed by atoms with E-state index in [9.17, 15) is 5.11 Å². The monoisotopic (exact) mass is 295 g/mol. The SMILES string of the molecule is CCNC(CC)(CO)CCCOc1ccccc1CCO. The summed E-state index contributed by atoms with van der Waals surface area (Å²) in [6.45, 7) is 5.91. The zero-order chi connectivity index (χ0) is 15.6. The number of hydrogen-bond acceptors (Lipinski definition) is 4. The first kappa shape index (κ1) is 18.0. The minimum absolute atomic E-state index is 0.129. The maximum absolute atomic E-state index is 9.61. The van der Waals surface area contributed by atoms with Crippen molar-refractivity contribution in [3.63, 3.8) is 0 Å². The number of para-hydroxylation sites is 1. The molecule has 1 aromatic carbocycles. The summed E-state index contributed by atoms with van der Waals surface area (Å²) in [5, 5.41) is 22.0. The normalized spacial score (nSPS) is 13.9. The fourth-order valence-electron chi connectivity index (χ4n) is 2.58. The number of ether oxygens (including phenoxy) is 1. The molecule has 0 saturated carbocycles. The van der Waals surface area contributed by atoms with Gasteiger partial charge in [0.2, 0.25) is 0 Å². The summed E-state index contributed by atoms with van der Waals surface area (Å²) >= 11 is 0. The van der Waals surface area contributed by atoms with Crippen LogP contribution in [0.25, 0.3) is 0 Å². The van der Waals surface area contributed by atoms with Crippen LogP contribution >= 0.6 is 0 Å². The highest BCUT2D eigenvalue weighted by Crippen LogP contribution is 2.20. The second-order valence-electron chi connectivity index (χ2n) is 5.36. The zero-order valence-electron chi connectivity index (χ0n) is 13.3. The van der Waals surface area contributed by atoms with E-state index in [-0.39, 0.29) is 18.8 Å². The topological polar surface area (TPSA) is 61.7 Å². The number of aliphatic hydroxyl groups excluding tert-OH is 2. The zero-order valence-corrected chi connectivity index (χ0v) is 13.3. The van der Waals surface area contributed by atoms with Gasteiger partial charge in [-0.2, -0.15) is 0 Å². The molecular formula is C17H29NO3. The molecule has 0 bridgehead atoms. The smallest absolute Gasteiger partial charge is 0.122 e. The lowest BCUT2D eigenvalue weighted by molar-refractivity contribution is 0.139. The average Bonchev–Trinajstić information content (AvgIpc) is 2.52. The maximum Gasteiger partial charge on any atom is 0.122 e. The van der Waals surface area contributed by atoms with Crippen LogP contribution in [0.5, 0.6) is 5.75 Å². The highest BCUT2D eigenvalue weighted by molar-refractivity contribution is 5.33. The van der Waals surface area contributed by atoms with Crippen LogP contribution < -0.4 is 10.1 Å². The molecule has 1 aromatic rings. The molecule has 0 spiro atoms. The van der Waals surface area contributed by atoms with Gasteiger partial charge in [0.15, 0.2) is 0 Å². The lowest BCUT2D eigenvalue weighted by Gasteiger charge is -2.31. The van der Waals surface area contributed by atoms with Gasteiger partial charge in [-0.3, -0.25) is 0 Å². The summed E-state index contributed by atoms with van der Waals surface area (Å²) in [5.74, 6) is 0.848. The number of benzene rings is 1. The second kappa shape index (κ2) is 9.77. The van der Waals surface area contributed by atoms with Crippen LogP contribution in [0.2, 0.25) is 0 Å². The van der Waals surface area contributed by atoms with Gasteiger partial charge >= 0.3 is 0 Å². The molecule has 0 fully saturated rings. The van der Waals surface area contributed by atoms with Gasteiger partial charge in [-0.25, -0.2) is 0 Å². The molecule has 0 aliphatic heterocycles. The maximum atomic E-state index is 9.61. The first-order valence-corrected chi connectivity index (χ1v) is 7.88. The molecule has 0 radical (unpaired) electrons. The Morgan fingerprint density at radius 2 is 1.95 bits per heavy atom. The highest BCUT2D eigenvalue weighted by atomic mass is 16.5. The van der Waals surface area contributed by atoms with Gasteiger partial charge in [0.25, 0.3) is 0 Å². The van der Waals surface area contributed by atoms with Gasteiger partial charge in [0.05, 0.1) is 13.2 Å². The molecule has 0 heterocycles. The summed E-state index contributed by atoms with van der Waals surface area (Å²) in [6, 6.07) is 7.82. The number of likely N-dealkylation sites (N-methyl/N-ethyl adjacent to an activating group) is 1. The molecular weight excluding hydrogens is 266 g/mol. The van der Waals surface area contributed by atoms with Gasteiger partial charge in [0.1, 0.15) is 5.75 Å². The van der Waals surface area contributed by atoms with Crippen LogP contribution in [-0.2, 0) is 6.42 Å². The van der Waals surface area contributed by atoms with E-state index in [1.807, 2.05) is 24.3 Å². The molecule has 120 valence electrons. The molecule has 4 nitrogen and oxygen atoms in total. The van der Waals surface area contributed by atoms with Crippen LogP contribution in [0.4, 0.5) is 0 Å². The fourth-order valence-corrected chi connectivity index (χ4v) is 2.58. The molecule has 3 N–H and O–H groups in total. The quantitative estimate of drug-likeness (QED) is 0.547. The molecule has 1 atom stereocenters. The molecule has 0 aliphatic rings. The number of nitrogens with one attached hydrogen (secondary N) is 1. The number of hydrogen-bond donors (Lipinski definition) is 3. The molecule has 0 aliphatic carbocycles. The first-order chi connectivity index (χ1) is 10.2. The Labute approximate surface area is 128 Å². The van der Waals surface area contributed by atoms with E-state index in [1.165, 1.54) is 0 Å². The second-order valence-corrected chi connectivity index (χ2v) is 5.36. The van der Waals surface area contributed by atoms with Gasteiger partial charge in [-0.1, -0.05) is 32.0 Å². The predicted octanol–water partition coefficient (Wildman–Crippen LogP) is 2.13. The highest BCUT2D eigenvalue weighted by Gasteiger charge is 2.25. The van der Waals surface area contributed by atoms with E-state index in [1.54, 1.807) is 0 Å². The van der Waals surface area contributed by atoms with E-state index in [4.69, 9.17) is 9.84 Å². The van der Waals surface area contributed by atoms with E-state index >= 15 is 0 Å². The minimum Gasteiger partial charge on any atom is -0.493 e. The minimum atomic E-state index is -0.192. The molecule has 1 rings (SSSR count). The predicted molar refractivity (Wildman–Crippen MR) is 85.7 cm³/mol. The van der Waals surface area contributed by atoms with Crippen molar-refractivity contribution < 1.29 is 14.9 Å². The summed E-state index contributed by atoms with van der Waals surface area (Å²) in [5.41, 5.74) is 0.846. The van der Waals surface area contributed by atoms with Crippen molar-refractivity contribution in [2.45, 2.75) is 45.1 Å². The summed E-state index contributed by atoms with van der Waals surface area (Å²) < 4.78 is 5.83. The summed E-state index contributed by atoms with van der Waals surface area (Å²) in [6.07, 6.45) is 3.28. The van der Waals surface area contributed by atoms with Crippen LogP contribution in [0.3, 0.4) is 0 Å². The average molecular weight is 295 g/mol. The van der Waals surface area contributed by atoms with Crippen molar-refractivity contribution in [2.75, 3.05) is 26.4 Å². The van der Waals surface area contributed by atoms with Crippen molar-refractivity contribution >= 4 is 0 Å². The van der Waals surface area contributed by atoms with Crippen molar-refractivity contribution in [3.05, 3.63) is 29.8 Å². The van der Waals surface area contributed by atoms with Crippen LogP contribution in [0.1, 0.15) is 38.7 Å². The third-order valence-electron chi connectivity index (χ3n) is 3.94. The molecule has 4 heteroatoms. The Morgan fingerprint density at radius 1 is 1.19 bits per heavy atom. The van der Waals surface area contributed by atoms with Gasteiger partial charge in [-0.15, -0.1) is 0 Å². The molecule has 0 amide bonds. The van der Waals surface area contributed by atoms with Gasteiger partial charge < -0.3 is 20.3 Å². The Bertz CT molecular complexity index is 391. The van der Waals surface area contributed by atoms with Crippen LogP contribution in [0, 0.1) is 0 Å². The van der Waals surface area contributed by atoms with Crippen LogP contribution in [0.15, 0.2) is 24.3 Å². The Kier molecular flexibility index (Phi) is 8.35. The fraction of sp³-hybridized carbons (Fsp3) is 0.647. The van der Waals surface area contributed by atoms with Crippen molar-refractivity contribution in [1.29, 1.82) is 0 Å². The Morgan fingerprint density at radius 3 is 2.57 bits per heavy atom. The van der Waals surface area contributed by atoms with E-state index in [2.05, 4.69) is 19.2 Å².